The molecule has 28 heavy (non-hydrogen) atoms. The Morgan fingerprint density at radius 1 is 1.21 bits per heavy atom. The van der Waals surface area contributed by atoms with Crippen molar-refractivity contribution in [3.05, 3.63) is 34.6 Å². The molecule has 1 atom stereocenters. The Balaban J connectivity index is 2.31. The summed E-state index contributed by atoms with van der Waals surface area (Å²) in [5.74, 6) is -0.0402. The zero-order valence-corrected chi connectivity index (χ0v) is 18.4. The quantitative estimate of drug-likeness (QED) is 0.467. The summed E-state index contributed by atoms with van der Waals surface area (Å²) in [5.41, 5.74) is 0.649. The first-order valence-corrected chi connectivity index (χ1v) is 11.1. The number of aromatic nitrogens is 2. The molecule has 1 aromatic carbocycles. The van der Waals surface area contributed by atoms with Crippen LogP contribution in [0, 0.1) is 0 Å². The van der Waals surface area contributed by atoms with Gasteiger partial charge in [0.2, 0.25) is 5.91 Å². The van der Waals surface area contributed by atoms with E-state index in [1.54, 1.807) is 4.57 Å². The summed E-state index contributed by atoms with van der Waals surface area (Å²) in [6, 6.07) is 7.50. The molecule has 0 saturated heterocycles. The number of thioether (sulfide) groups is 1. The van der Waals surface area contributed by atoms with Crippen LogP contribution in [-0.2, 0) is 11.3 Å². The maximum Gasteiger partial charge on any atom is 0.262 e. The van der Waals surface area contributed by atoms with Crippen molar-refractivity contribution >= 4 is 28.6 Å². The molecule has 2 aromatic rings. The fourth-order valence-corrected chi connectivity index (χ4v) is 4.08. The van der Waals surface area contributed by atoms with Crippen molar-refractivity contribution in [2.45, 2.75) is 64.0 Å². The van der Waals surface area contributed by atoms with Crippen molar-refractivity contribution in [1.82, 2.24) is 14.9 Å². The normalized spacial score (nSPS) is 12.7. The van der Waals surface area contributed by atoms with E-state index in [2.05, 4.69) is 19.2 Å². The fourth-order valence-electron chi connectivity index (χ4n) is 3.14. The molecular formula is C21H33N4O2S+. The van der Waals surface area contributed by atoms with E-state index in [1.807, 2.05) is 45.0 Å². The Morgan fingerprint density at radius 3 is 2.54 bits per heavy atom. The van der Waals surface area contributed by atoms with E-state index in [4.69, 9.17) is 4.98 Å². The van der Waals surface area contributed by atoms with E-state index in [0.29, 0.717) is 22.6 Å². The topological polar surface area (TPSA) is 68.4 Å². The van der Waals surface area contributed by atoms with Crippen molar-refractivity contribution in [2.24, 2.45) is 0 Å². The van der Waals surface area contributed by atoms with Crippen LogP contribution in [0.25, 0.3) is 10.9 Å². The zero-order chi connectivity index (χ0) is 20.7. The van der Waals surface area contributed by atoms with Crippen molar-refractivity contribution in [1.29, 1.82) is 0 Å². The molecule has 0 aliphatic heterocycles. The lowest BCUT2D eigenvalue weighted by molar-refractivity contribution is -0.896. The van der Waals surface area contributed by atoms with Crippen LogP contribution in [0.2, 0.25) is 0 Å². The molecule has 0 saturated carbocycles. The van der Waals surface area contributed by atoms with Crippen LogP contribution in [0.3, 0.4) is 0 Å². The molecule has 2 rings (SSSR count). The highest BCUT2D eigenvalue weighted by Gasteiger charge is 2.20. The molecule has 0 aliphatic rings. The highest BCUT2D eigenvalue weighted by molar-refractivity contribution is 8.00. The third-order valence-corrected chi connectivity index (χ3v) is 5.91. The number of benzene rings is 1. The van der Waals surface area contributed by atoms with Crippen molar-refractivity contribution < 1.29 is 9.69 Å². The largest absolute Gasteiger partial charge is 0.353 e. The summed E-state index contributed by atoms with van der Waals surface area (Å²) in [6.07, 6.45) is 0.900. The zero-order valence-electron chi connectivity index (χ0n) is 17.6. The predicted molar refractivity (Wildman–Crippen MR) is 116 cm³/mol. The predicted octanol–water partition coefficient (Wildman–Crippen LogP) is 1.72. The number of hydrogen-bond donors (Lipinski definition) is 2. The number of carbonyl (C=O) groups excluding carboxylic acids is 1. The summed E-state index contributed by atoms with van der Waals surface area (Å²) >= 11 is 1.35. The van der Waals surface area contributed by atoms with Gasteiger partial charge in [-0.1, -0.05) is 23.9 Å². The van der Waals surface area contributed by atoms with Gasteiger partial charge >= 0.3 is 0 Å². The molecule has 1 amide bonds. The summed E-state index contributed by atoms with van der Waals surface area (Å²) in [6.45, 7) is 13.9. The number of nitrogens with one attached hydrogen (secondary N) is 2. The smallest absolute Gasteiger partial charge is 0.262 e. The van der Waals surface area contributed by atoms with Crippen molar-refractivity contribution in [2.75, 3.05) is 19.6 Å². The van der Waals surface area contributed by atoms with Gasteiger partial charge in [0.25, 0.3) is 5.56 Å². The second kappa shape index (κ2) is 10.6. The summed E-state index contributed by atoms with van der Waals surface area (Å²) in [5, 5.41) is 3.85. The molecule has 7 heteroatoms. The first-order valence-electron chi connectivity index (χ1n) is 10.2. The van der Waals surface area contributed by atoms with Gasteiger partial charge in [0, 0.05) is 19.0 Å². The summed E-state index contributed by atoms with van der Waals surface area (Å²) in [4.78, 5) is 31.7. The molecule has 0 radical (unpaired) electrons. The number of fused-ring (bicyclic) bond motifs is 1. The fraction of sp³-hybridized carbons (Fsp3) is 0.571. The Hall–Kier alpha value is -1.86. The molecule has 0 aliphatic carbocycles. The van der Waals surface area contributed by atoms with Gasteiger partial charge in [-0.3, -0.25) is 14.2 Å². The van der Waals surface area contributed by atoms with Crippen molar-refractivity contribution in [3.63, 3.8) is 0 Å². The summed E-state index contributed by atoms with van der Waals surface area (Å²) in [7, 11) is 0. The number of rotatable bonds is 10. The van der Waals surface area contributed by atoms with Gasteiger partial charge in [-0.2, -0.15) is 0 Å². The van der Waals surface area contributed by atoms with Gasteiger partial charge in [0.1, 0.15) is 0 Å². The SMILES string of the molecule is CC[NH+](CC)CCCn1c(S[C@@H](C)C(=O)NC(C)C)nc2ccccc2c1=O. The average Bonchev–Trinajstić information content (AvgIpc) is 2.66. The van der Waals surface area contributed by atoms with Gasteiger partial charge in [0.05, 0.1) is 35.8 Å². The van der Waals surface area contributed by atoms with E-state index >= 15 is 0 Å². The van der Waals surface area contributed by atoms with Crippen molar-refractivity contribution in [3.8, 4) is 0 Å². The highest BCUT2D eigenvalue weighted by Crippen LogP contribution is 2.23. The van der Waals surface area contributed by atoms with Gasteiger partial charge in [-0.25, -0.2) is 4.98 Å². The number of hydrogen-bond acceptors (Lipinski definition) is 4. The molecule has 2 N–H and O–H groups in total. The number of quaternary nitrogens is 1. The number of nitrogens with zero attached hydrogens (tertiary/aromatic N) is 2. The molecule has 6 nitrogen and oxygen atoms in total. The van der Waals surface area contributed by atoms with Crippen LogP contribution in [-0.4, -0.2) is 46.4 Å². The summed E-state index contributed by atoms with van der Waals surface area (Å²) < 4.78 is 1.75. The Kier molecular flexibility index (Phi) is 8.51. The molecular weight excluding hydrogens is 372 g/mol. The third-order valence-electron chi connectivity index (χ3n) is 4.82. The van der Waals surface area contributed by atoms with Gasteiger partial charge in [-0.05, 0) is 46.8 Å². The minimum Gasteiger partial charge on any atom is -0.353 e. The molecule has 0 bridgehead atoms. The second-order valence-corrected chi connectivity index (χ2v) is 8.66. The number of para-hydroxylation sites is 1. The van der Waals surface area contributed by atoms with E-state index < -0.39 is 0 Å². The van der Waals surface area contributed by atoms with E-state index in [1.165, 1.54) is 16.7 Å². The van der Waals surface area contributed by atoms with E-state index in [-0.39, 0.29) is 22.8 Å². The van der Waals surface area contributed by atoms with Gasteiger partial charge in [-0.15, -0.1) is 0 Å². The lowest BCUT2D eigenvalue weighted by Crippen LogP contribution is -3.11. The van der Waals surface area contributed by atoms with Crippen LogP contribution in [0.4, 0.5) is 0 Å². The van der Waals surface area contributed by atoms with Crippen LogP contribution in [0.15, 0.2) is 34.2 Å². The molecule has 0 spiro atoms. The van der Waals surface area contributed by atoms with Crippen LogP contribution >= 0.6 is 11.8 Å². The average molecular weight is 406 g/mol. The molecule has 0 fully saturated rings. The van der Waals surface area contributed by atoms with Crippen LogP contribution in [0.1, 0.15) is 41.0 Å². The second-order valence-electron chi connectivity index (χ2n) is 7.35. The number of carbonyl (C=O) groups is 1. The number of amides is 1. The minimum absolute atomic E-state index is 0.0286. The van der Waals surface area contributed by atoms with E-state index in [9.17, 15) is 9.59 Å². The first-order chi connectivity index (χ1) is 13.4. The maximum atomic E-state index is 13.1. The van der Waals surface area contributed by atoms with Crippen LogP contribution < -0.4 is 15.8 Å². The Morgan fingerprint density at radius 2 is 1.89 bits per heavy atom. The highest BCUT2D eigenvalue weighted by atomic mass is 32.2. The van der Waals surface area contributed by atoms with Gasteiger partial charge < -0.3 is 10.2 Å². The molecule has 1 heterocycles. The molecule has 0 unspecified atom stereocenters. The molecule has 154 valence electrons. The standard InChI is InChI=1S/C21H32N4O2S/c1-6-24(7-2)13-10-14-25-20(27)17-11-8-9-12-18(17)23-21(25)28-16(5)19(26)22-15(3)4/h8-9,11-12,15-16H,6-7,10,13-14H2,1-5H3,(H,22,26)/p+1/t16-/m0/s1. The monoisotopic (exact) mass is 405 g/mol. The first kappa shape index (κ1) is 22.4. The van der Waals surface area contributed by atoms with Crippen LogP contribution in [0.5, 0.6) is 0 Å². The Bertz CT molecular complexity index is 846. The lowest BCUT2D eigenvalue weighted by Gasteiger charge is -2.19. The van der Waals surface area contributed by atoms with E-state index in [0.717, 1.165) is 26.1 Å². The lowest BCUT2D eigenvalue weighted by atomic mass is 10.2. The van der Waals surface area contributed by atoms with Gasteiger partial charge in [0.15, 0.2) is 5.16 Å². The molecule has 1 aromatic heterocycles. The maximum absolute atomic E-state index is 13.1. The third kappa shape index (κ3) is 5.82. The Labute approximate surface area is 171 Å². The minimum atomic E-state index is -0.324.